The van der Waals surface area contributed by atoms with Crippen molar-refractivity contribution >= 4 is 0 Å². The maximum absolute atomic E-state index is 12.5. The monoisotopic (exact) mass is 287 g/mol. The molecule has 0 aliphatic carbocycles. The van der Waals surface area contributed by atoms with E-state index < -0.39 is 11.7 Å². The molecular formula is C16H24F3N. The van der Waals surface area contributed by atoms with Gasteiger partial charge in [0.15, 0.2) is 0 Å². The summed E-state index contributed by atoms with van der Waals surface area (Å²) in [5.74, 6) is 0.642. The van der Waals surface area contributed by atoms with Crippen LogP contribution in [0.15, 0.2) is 24.3 Å². The molecule has 114 valence electrons. The molecule has 1 unspecified atom stereocenters. The van der Waals surface area contributed by atoms with Crippen LogP contribution in [-0.4, -0.2) is 12.6 Å². The van der Waals surface area contributed by atoms with E-state index in [0.717, 1.165) is 31.4 Å². The molecule has 0 spiro atoms. The van der Waals surface area contributed by atoms with Crippen molar-refractivity contribution in [3.63, 3.8) is 0 Å². The average Bonchev–Trinajstić information content (AvgIpc) is 2.36. The van der Waals surface area contributed by atoms with Gasteiger partial charge in [-0.05, 0) is 49.4 Å². The highest BCUT2D eigenvalue weighted by Gasteiger charge is 2.29. The van der Waals surface area contributed by atoms with E-state index in [9.17, 15) is 13.2 Å². The molecular weight excluding hydrogens is 263 g/mol. The first-order valence-electron chi connectivity index (χ1n) is 7.22. The lowest BCUT2D eigenvalue weighted by Gasteiger charge is -2.19. The molecule has 1 rings (SSSR count). The molecule has 0 fully saturated rings. The normalized spacial score (nSPS) is 13.8. The standard InChI is InChI=1S/C16H24F3N/c1-4-20-15(10-5-12(2)3)11-13-6-8-14(9-7-13)16(17,18)19/h6-9,12,15,20H,4-5,10-11H2,1-3H3. The van der Waals surface area contributed by atoms with Crippen LogP contribution in [0.4, 0.5) is 13.2 Å². The third-order valence-electron chi connectivity index (χ3n) is 3.35. The predicted octanol–water partition coefficient (Wildman–Crippen LogP) is 4.66. The Morgan fingerprint density at radius 3 is 2.10 bits per heavy atom. The zero-order chi connectivity index (χ0) is 15.2. The molecule has 0 bridgehead atoms. The molecule has 1 N–H and O–H groups in total. The van der Waals surface area contributed by atoms with E-state index in [4.69, 9.17) is 0 Å². The summed E-state index contributed by atoms with van der Waals surface area (Å²) in [6.07, 6.45) is -1.30. The van der Waals surface area contributed by atoms with E-state index in [-0.39, 0.29) is 0 Å². The quantitative estimate of drug-likeness (QED) is 0.769. The van der Waals surface area contributed by atoms with E-state index in [1.165, 1.54) is 12.1 Å². The molecule has 1 atom stereocenters. The van der Waals surface area contributed by atoms with Gasteiger partial charge in [0.05, 0.1) is 5.56 Å². The topological polar surface area (TPSA) is 12.0 Å². The number of alkyl halides is 3. The van der Waals surface area contributed by atoms with Gasteiger partial charge in [0.1, 0.15) is 0 Å². The van der Waals surface area contributed by atoms with Crippen molar-refractivity contribution in [1.29, 1.82) is 0 Å². The lowest BCUT2D eigenvalue weighted by Crippen LogP contribution is -2.31. The van der Waals surface area contributed by atoms with E-state index in [1.54, 1.807) is 12.1 Å². The maximum atomic E-state index is 12.5. The van der Waals surface area contributed by atoms with Gasteiger partial charge in [-0.2, -0.15) is 13.2 Å². The minimum atomic E-state index is -4.25. The summed E-state index contributed by atoms with van der Waals surface area (Å²) in [5.41, 5.74) is 0.371. The van der Waals surface area contributed by atoms with Gasteiger partial charge in [-0.15, -0.1) is 0 Å². The molecule has 0 heterocycles. The van der Waals surface area contributed by atoms with Gasteiger partial charge in [0.25, 0.3) is 0 Å². The van der Waals surface area contributed by atoms with Crippen LogP contribution < -0.4 is 5.32 Å². The Kier molecular flexibility index (Phi) is 6.53. The highest BCUT2D eigenvalue weighted by atomic mass is 19.4. The molecule has 0 aliphatic heterocycles. The molecule has 1 aromatic carbocycles. The summed E-state index contributed by atoms with van der Waals surface area (Å²) in [4.78, 5) is 0. The van der Waals surface area contributed by atoms with Gasteiger partial charge < -0.3 is 5.32 Å². The molecule has 0 saturated carbocycles. The molecule has 0 aromatic heterocycles. The van der Waals surface area contributed by atoms with E-state index >= 15 is 0 Å². The van der Waals surface area contributed by atoms with E-state index in [2.05, 4.69) is 26.1 Å². The van der Waals surface area contributed by atoms with E-state index in [1.807, 2.05) is 0 Å². The minimum Gasteiger partial charge on any atom is -0.314 e. The Balaban J connectivity index is 2.64. The highest BCUT2D eigenvalue weighted by molar-refractivity contribution is 5.25. The number of rotatable bonds is 7. The van der Waals surface area contributed by atoms with Crippen molar-refractivity contribution < 1.29 is 13.2 Å². The van der Waals surface area contributed by atoms with Gasteiger partial charge in [-0.1, -0.05) is 32.9 Å². The van der Waals surface area contributed by atoms with Crippen LogP contribution in [0.5, 0.6) is 0 Å². The van der Waals surface area contributed by atoms with Crippen LogP contribution in [0.2, 0.25) is 0 Å². The maximum Gasteiger partial charge on any atom is 0.416 e. The molecule has 0 aliphatic rings. The van der Waals surface area contributed by atoms with Gasteiger partial charge in [0, 0.05) is 6.04 Å². The largest absolute Gasteiger partial charge is 0.416 e. The second-order valence-electron chi connectivity index (χ2n) is 5.62. The molecule has 0 amide bonds. The summed E-state index contributed by atoms with van der Waals surface area (Å²) >= 11 is 0. The number of nitrogens with one attached hydrogen (secondary N) is 1. The van der Waals surface area contributed by atoms with Crippen molar-refractivity contribution in [3.05, 3.63) is 35.4 Å². The first kappa shape index (κ1) is 17.0. The first-order chi connectivity index (χ1) is 9.32. The Bertz CT molecular complexity index is 382. The average molecular weight is 287 g/mol. The third kappa shape index (κ3) is 5.95. The predicted molar refractivity (Wildman–Crippen MR) is 76.7 cm³/mol. The molecule has 4 heteroatoms. The van der Waals surface area contributed by atoms with Crippen molar-refractivity contribution in [2.24, 2.45) is 5.92 Å². The lowest BCUT2D eigenvalue weighted by molar-refractivity contribution is -0.137. The molecule has 20 heavy (non-hydrogen) atoms. The number of hydrogen-bond donors (Lipinski definition) is 1. The zero-order valence-electron chi connectivity index (χ0n) is 12.4. The highest BCUT2D eigenvalue weighted by Crippen LogP contribution is 2.29. The molecule has 0 saturated heterocycles. The SMILES string of the molecule is CCNC(CCC(C)C)Cc1ccc(C(F)(F)F)cc1. The van der Waals surface area contributed by atoms with Crippen LogP contribution in [-0.2, 0) is 12.6 Å². The van der Waals surface area contributed by atoms with Crippen LogP contribution in [0, 0.1) is 5.92 Å². The summed E-state index contributed by atoms with van der Waals surface area (Å²) < 4.78 is 37.5. The number of likely N-dealkylation sites (N-methyl/N-ethyl adjacent to an activating group) is 1. The van der Waals surface area contributed by atoms with Crippen LogP contribution in [0.3, 0.4) is 0 Å². The second kappa shape index (κ2) is 7.67. The van der Waals surface area contributed by atoms with Crippen LogP contribution in [0.1, 0.15) is 44.7 Å². The Hall–Kier alpha value is -1.03. The van der Waals surface area contributed by atoms with Crippen LogP contribution in [0.25, 0.3) is 0 Å². The molecule has 1 aromatic rings. The summed E-state index contributed by atoms with van der Waals surface area (Å²) in [7, 11) is 0. The minimum absolute atomic E-state index is 0.333. The third-order valence-corrected chi connectivity index (χ3v) is 3.35. The van der Waals surface area contributed by atoms with Crippen molar-refractivity contribution in [3.8, 4) is 0 Å². The fraction of sp³-hybridized carbons (Fsp3) is 0.625. The van der Waals surface area contributed by atoms with E-state index in [0.29, 0.717) is 12.0 Å². The Morgan fingerprint density at radius 2 is 1.65 bits per heavy atom. The fourth-order valence-electron chi connectivity index (χ4n) is 2.21. The van der Waals surface area contributed by atoms with Gasteiger partial charge >= 0.3 is 6.18 Å². The van der Waals surface area contributed by atoms with Gasteiger partial charge in [-0.3, -0.25) is 0 Å². The molecule has 1 nitrogen and oxygen atoms in total. The van der Waals surface area contributed by atoms with Crippen molar-refractivity contribution in [2.45, 2.75) is 52.3 Å². The summed E-state index contributed by atoms with van der Waals surface area (Å²) in [6.45, 7) is 7.29. The lowest BCUT2D eigenvalue weighted by atomic mass is 9.97. The van der Waals surface area contributed by atoms with Gasteiger partial charge in [-0.25, -0.2) is 0 Å². The smallest absolute Gasteiger partial charge is 0.314 e. The Morgan fingerprint density at radius 1 is 1.05 bits per heavy atom. The molecule has 0 radical (unpaired) electrons. The van der Waals surface area contributed by atoms with Crippen molar-refractivity contribution in [2.75, 3.05) is 6.54 Å². The first-order valence-corrected chi connectivity index (χ1v) is 7.22. The Labute approximate surface area is 119 Å². The van der Waals surface area contributed by atoms with Gasteiger partial charge in [0.2, 0.25) is 0 Å². The summed E-state index contributed by atoms with van der Waals surface area (Å²) in [6, 6.07) is 5.84. The number of benzene rings is 1. The second-order valence-corrected chi connectivity index (χ2v) is 5.62. The van der Waals surface area contributed by atoms with Crippen molar-refractivity contribution in [1.82, 2.24) is 5.32 Å². The fourth-order valence-corrected chi connectivity index (χ4v) is 2.21. The zero-order valence-corrected chi connectivity index (χ0v) is 12.4. The van der Waals surface area contributed by atoms with Crippen LogP contribution >= 0.6 is 0 Å². The summed E-state index contributed by atoms with van der Waals surface area (Å²) in [5, 5.41) is 3.41. The number of halogens is 3. The number of hydrogen-bond acceptors (Lipinski definition) is 1.